The summed E-state index contributed by atoms with van der Waals surface area (Å²) in [5.74, 6) is 0.699. The van der Waals surface area contributed by atoms with Gasteiger partial charge in [0, 0.05) is 13.2 Å². The largest absolute Gasteiger partial charge is 0.379 e. The molecule has 0 saturated carbocycles. The molecule has 0 bridgehead atoms. The minimum absolute atomic E-state index is 0.323. The van der Waals surface area contributed by atoms with Crippen molar-refractivity contribution in [3.05, 3.63) is 0 Å². The minimum Gasteiger partial charge on any atom is -0.379 e. The molecule has 1 unspecified atom stereocenters. The Bertz CT molecular complexity index is 151. The smallest absolute Gasteiger partial charge is 0.0704 e. The minimum atomic E-state index is 0.323. The molecule has 0 spiro atoms. The van der Waals surface area contributed by atoms with Crippen molar-refractivity contribution in [2.75, 3.05) is 32.9 Å². The van der Waals surface area contributed by atoms with Gasteiger partial charge in [-0.15, -0.1) is 0 Å². The van der Waals surface area contributed by atoms with Gasteiger partial charge < -0.3 is 14.8 Å². The van der Waals surface area contributed by atoms with Crippen LogP contribution in [0, 0.1) is 5.92 Å². The molecule has 0 amide bonds. The molecule has 0 aromatic rings. The molecule has 3 nitrogen and oxygen atoms in total. The normalized spacial score (nSPS) is 13.2. The van der Waals surface area contributed by atoms with Gasteiger partial charge in [0.1, 0.15) is 0 Å². The van der Waals surface area contributed by atoms with E-state index in [1.165, 1.54) is 6.42 Å². The molecule has 104 valence electrons. The van der Waals surface area contributed by atoms with Gasteiger partial charge in [-0.2, -0.15) is 0 Å². The molecule has 0 aromatic heterocycles. The van der Waals surface area contributed by atoms with E-state index in [2.05, 4.69) is 33.0 Å². The van der Waals surface area contributed by atoms with Crippen LogP contribution in [0.2, 0.25) is 0 Å². The van der Waals surface area contributed by atoms with Crippen LogP contribution in [0.25, 0.3) is 0 Å². The maximum absolute atomic E-state index is 5.77. The lowest BCUT2D eigenvalue weighted by Gasteiger charge is -2.17. The van der Waals surface area contributed by atoms with Crippen LogP contribution in [0.4, 0.5) is 0 Å². The molecule has 0 aliphatic rings. The van der Waals surface area contributed by atoms with E-state index in [-0.39, 0.29) is 0 Å². The third-order valence-corrected chi connectivity index (χ3v) is 2.60. The fraction of sp³-hybridized carbons (Fsp3) is 1.00. The molecule has 0 aliphatic carbocycles. The van der Waals surface area contributed by atoms with Crippen LogP contribution in [-0.4, -0.2) is 39.0 Å². The molecule has 0 rings (SSSR count). The molecule has 0 aliphatic heterocycles. The Morgan fingerprint density at radius 3 is 2.35 bits per heavy atom. The average Bonchev–Trinajstić information content (AvgIpc) is 2.30. The van der Waals surface area contributed by atoms with Gasteiger partial charge >= 0.3 is 0 Å². The van der Waals surface area contributed by atoms with E-state index in [1.54, 1.807) is 0 Å². The van der Waals surface area contributed by atoms with Crippen molar-refractivity contribution < 1.29 is 9.47 Å². The van der Waals surface area contributed by atoms with E-state index in [0.29, 0.717) is 18.6 Å². The number of rotatable bonds is 12. The number of nitrogens with one attached hydrogen (secondary N) is 1. The molecular formula is C14H31NO2. The highest BCUT2D eigenvalue weighted by atomic mass is 16.5. The third kappa shape index (κ3) is 12.1. The van der Waals surface area contributed by atoms with Crippen molar-refractivity contribution in [1.82, 2.24) is 5.32 Å². The number of ether oxygens (including phenoxy) is 2. The predicted molar refractivity (Wildman–Crippen MR) is 73.5 cm³/mol. The molecule has 0 aromatic carbocycles. The van der Waals surface area contributed by atoms with E-state index >= 15 is 0 Å². The lowest BCUT2D eigenvalue weighted by atomic mass is 10.2. The topological polar surface area (TPSA) is 30.5 Å². The zero-order valence-electron chi connectivity index (χ0n) is 12.1. The summed E-state index contributed by atoms with van der Waals surface area (Å²) < 4.78 is 11.2. The lowest BCUT2D eigenvalue weighted by molar-refractivity contribution is 0.00316. The molecule has 0 fully saturated rings. The fourth-order valence-corrected chi connectivity index (χ4v) is 1.48. The fourth-order valence-electron chi connectivity index (χ4n) is 1.48. The number of hydrogen-bond donors (Lipinski definition) is 1. The van der Waals surface area contributed by atoms with Crippen LogP contribution in [-0.2, 0) is 9.47 Å². The van der Waals surface area contributed by atoms with Crippen molar-refractivity contribution in [3.8, 4) is 0 Å². The van der Waals surface area contributed by atoms with E-state index in [0.717, 1.165) is 39.1 Å². The summed E-state index contributed by atoms with van der Waals surface area (Å²) in [6.45, 7) is 13.1. The Morgan fingerprint density at radius 1 is 1.00 bits per heavy atom. The first-order valence-corrected chi connectivity index (χ1v) is 7.10. The predicted octanol–water partition coefficient (Wildman–Crippen LogP) is 2.84. The maximum Gasteiger partial charge on any atom is 0.0704 e. The van der Waals surface area contributed by atoms with Crippen molar-refractivity contribution in [2.45, 2.75) is 53.1 Å². The molecule has 17 heavy (non-hydrogen) atoms. The van der Waals surface area contributed by atoms with Crippen molar-refractivity contribution >= 4 is 0 Å². The number of unbranched alkanes of at least 4 members (excludes halogenated alkanes) is 1. The first kappa shape index (κ1) is 16.9. The van der Waals surface area contributed by atoms with Crippen molar-refractivity contribution in [2.24, 2.45) is 5.92 Å². The monoisotopic (exact) mass is 245 g/mol. The van der Waals surface area contributed by atoms with Crippen molar-refractivity contribution in [1.29, 1.82) is 0 Å². The van der Waals surface area contributed by atoms with Gasteiger partial charge in [0.2, 0.25) is 0 Å². The van der Waals surface area contributed by atoms with E-state index < -0.39 is 0 Å². The average molecular weight is 245 g/mol. The summed E-state index contributed by atoms with van der Waals surface area (Å²) in [7, 11) is 0. The van der Waals surface area contributed by atoms with E-state index in [4.69, 9.17) is 9.47 Å². The second-order valence-corrected chi connectivity index (χ2v) is 4.92. The lowest BCUT2D eigenvalue weighted by Crippen LogP contribution is -2.31. The van der Waals surface area contributed by atoms with Gasteiger partial charge in [0.25, 0.3) is 0 Å². The molecule has 0 saturated heterocycles. The Kier molecular flexibility index (Phi) is 12.3. The molecule has 0 radical (unpaired) electrons. The van der Waals surface area contributed by atoms with E-state index in [1.807, 2.05) is 0 Å². The van der Waals surface area contributed by atoms with Gasteiger partial charge in [-0.1, -0.05) is 34.1 Å². The first-order valence-electron chi connectivity index (χ1n) is 7.10. The SMILES string of the molecule is CCCCOCCOC(CC)CNCC(C)C. The van der Waals surface area contributed by atoms with Crippen LogP contribution in [0.15, 0.2) is 0 Å². The van der Waals surface area contributed by atoms with Gasteiger partial charge in [-0.05, 0) is 25.3 Å². The van der Waals surface area contributed by atoms with Crippen LogP contribution in [0.1, 0.15) is 47.0 Å². The zero-order chi connectivity index (χ0) is 12.9. The van der Waals surface area contributed by atoms with E-state index in [9.17, 15) is 0 Å². The second kappa shape index (κ2) is 12.3. The summed E-state index contributed by atoms with van der Waals surface area (Å²) in [6.07, 6.45) is 3.72. The first-order chi connectivity index (χ1) is 8.20. The van der Waals surface area contributed by atoms with Gasteiger partial charge in [0.05, 0.1) is 19.3 Å². The Hall–Kier alpha value is -0.120. The van der Waals surface area contributed by atoms with Gasteiger partial charge in [0.15, 0.2) is 0 Å². The maximum atomic E-state index is 5.77. The standard InChI is InChI=1S/C14H31NO2/c1-5-7-8-16-9-10-17-14(6-2)12-15-11-13(3)4/h13-15H,5-12H2,1-4H3. The summed E-state index contributed by atoms with van der Waals surface area (Å²) in [6, 6.07) is 0. The van der Waals surface area contributed by atoms with Crippen LogP contribution < -0.4 is 5.32 Å². The summed E-state index contributed by atoms with van der Waals surface area (Å²) in [5, 5.41) is 3.43. The summed E-state index contributed by atoms with van der Waals surface area (Å²) >= 11 is 0. The Balaban J connectivity index is 3.35. The Morgan fingerprint density at radius 2 is 1.76 bits per heavy atom. The highest BCUT2D eigenvalue weighted by molar-refractivity contribution is 4.60. The zero-order valence-corrected chi connectivity index (χ0v) is 12.1. The van der Waals surface area contributed by atoms with Crippen LogP contribution >= 0.6 is 0 Å². The molecule has 3 heteroatoms. The number of hydrogen-bond acceptors (Lipinski definition) is 3. The summed E-state index contributed by atoms with van der Waals surface area (Å²) in [4.78, 5) is 0. The molecule has 0 heterocycles. The van der Waals surface area contributed by atoms with Crippen molar-refractivity contribution in [3.63, 3.8) is 0 Å². The Labute approximate surface area is 107 Å². The molecular weight excluding hydrogens is 214 g/mol. The van der Waals surface area contributed by atoms with Crippen LogP contribution in [0.3, 0.4) is 0 Å². The second-order valence-electron chi connectivity index (χ2n) is 4.92. The quantitative estimate of drug-likeness (QED) is 0.536. The van der Waals surface area contributed by atoms with Crippen LogP contribution in [0.5, 0.6) is 0 Å². The van der Waals surface area contributed by atoms with Gasteiger partial charge in [-0.25, -0.2) is 0 Å². The molecule has 1 atom stereocenters. The molecule has 1 N–H and O–H groups in total. The van der Waals surface area contributed by atoms with Gasteiger partial charge in [-0.3, -0.25) is 0 Å². The third-order valence-electron chi connectivity index (χ3n) is 2.60. The summed E-state index contributed by atoms with van der Waals surface area (Å²) in [5.41, 5.74) is 0. The highest BCUT2D eigenvalue weighted by Gasteiger charge is 2.06. The highest BCUT2D eigenvalue weighted by Crippen LogP contribution is 1.98.